The maximum absolute atomic E-state index is 5.92. The van der Waals surface area contributed by atoms with E-state index in [1.165, 1.54) is 5.69 Å². The van der Waals surface area contributed by atoms with Gasteiger partial charge < -0.3 is 4.74 Å². The number of hydrogen-bond donors (Lipinski definition) is 2. The number of nitrogens with two attached hydrogens (primary N) is 1. The van der Waals surface area contributed by atoms with Gasteiger partial charge in [0.25, 0.3) is 0 Å². The highest BCUT2D eigenvalue weighted by molar-refractivity contribution is 5.01. The normalized spacial score (nSPS) is 32.7. The lowest BCUT2D eigenvalue weighted by Gasteiger charge is -2.28. The van der Waals surface area contributed by atoms with Crippen LogP contribution >= 0.6 is 0 Å². The largest absolute Gasteiger partial charge is 0.375 e. The van der Waals surface area contributed by atoms with Crippen LogP contribution in [-0.4, -0.2) is 28.0 Å². The predicted molar refractivity (Wildman–Crippen MR) is 75.3 cm³/mol. The number of aryl methyl sites for hydroxylation is 2. The lowest BCUT2D eigenvalue weighted by Crippen LogP contribution is -2.45. The molecular formula is C14H26N4O. The topological polar surface area (TPSA) is 65.1 Å². The van der Waals surface area contributed by atoms with E-state index >= 15 is 0 Å². The minimum atomic E-state index is 0.262. The molecule has 19 heavy (non-hydrogen) atoms. The molecule has 1 saturated heterocycles. The van der Waals surface area contributed by atoms with E-state index in [0.717, 1.165) is 12.8 Å². The van der Waals surface area contributed by atoms with Crippen LogP contribution < -0.4 is 11.3 Å². The van der Waals surface area contributed by atoms with Gasteiger partial charge in [0, 0.05) is 30.9 Å². The van der Waals surface area contributed by atoms with E-state index in [1.54, 1.807) is 0 Å². The van der Waals surface area contributed by atoms with Crippen LogP contribution in [0.2, 0.25) is 0 Å². The summed E-state index contributed by atoms with van der Waals surface area (Å²) in [5.74, 6) is 6.77. The van der Waals surface area contributed by atoms with Crippen molar-refractivity contribution in [3.63, 3.8) is 0 Å². The summed E-state index contributed by atoms with van der Waals surface area (Å²) in [5.41, 5.74) is 4.24. The molecule has 5 unspecified atom stereocenters. The standard InChI is InChI=1S/C14H26N4O/c1-9-10(2)19-11(3)14(9)13(17-15)6-5-12-7-8-16-18(12)4/h7-11,13-14,17H,5-6,15H2,1-4H3. The molecule has 2 rings (SSSR count). The summed E-state index contributed by atoms with van der Waals surface area (Å²) >= 11 is 0. The molecule has 1 aliphatic heterocycles. The predicted octanol–water partition coefficient (Wildman–Crippen LogP) is 1.24. The summed E-state index contributed by atoms with van der Waals surface area (Å²) in [6.45, 7) is 6.56. The van der Waals surface area contributed by atoms with Crippen LogP contribution in [0.25, 0.3) is 0 Å². The van der Waals surface area contributed by atoms with E-state index in [1.807, 2.05) is 17.9 Å². The van der Waals surface area contributed by atoms with E-state index in [-0.39, 0.29) is 12.1 Å². The number of rotatable bonds is 5. The minimum absolute atomic E-state index is 0.262. The monoisotopic (exact) mass is 266 g/mol. The summed E-state index contributed by atoms with van der Waals surface area (Å²) in [6, 6.07) is 2.35. The van der Waals surface area contributed by atoms with Crippen molar-refractivity contribution >= 4 is 0 Å². The van der Waals surface area contributed by atoms with Crippen LogP contribution in [0.3, 0.4) is 0 Å². The highest BCUT2D eigenvalue weighted by Gasteiger charge is 2.41. The fourth-order valence-electron chi connectivity index (χ4n) is 3.32. The Kier molecular flexibility index (Phi) is 4.60. The smallest absolute Gasteiger partial charge is 0.0597 e. The van der Waals surface area contributed by atoms with Crippen molar-refractivity contribution in [3.8, 4) is 0 Å². The number of ether oxygens (including phenoxy) is 1. The fraction of sp³-hybridized carbons (Fsp3) is 0.786. The van der Waals surface area contributed by atoms with Crippen LogP contribution in [0.15, 0.2) is 12.3 Å². The Hall–Kier alpha value is -0.910. The molecule has 0 aromatic carbocycles. The van der Waals surface area contributed by atoms with Crippen LogP contribution in [0.5, 0.6) is 0 Å². The number of hydrogen-bond acceptors (Lipinski definition) is 4. The molecule has 0 spiro atoms. The molecule has 0 amide bonds. The molecule has 3 N–H and O–H groups in total. The summed E-state index contributed by atoms with van der Waals surface area (Å²) in [4.78, 5) is 0. The Bertz CT molecular complexity index is 406. The van der Waals surface area contributed by atoms with Crippen LogP contribution in [0.1, 0.15) is 32.9 Å². The maximum Gasteiger partial charge on any atom is 0.0597 e. The molecule has 0 saturated carbocycles. The molecular weight excluding hydrogens is 240 g/mol. The zero-order valence-electron chi connectivity index (χ0n) is 12.3. The van der Waals surface area contributed by atoms with E-state index < -0.39 is 0 Å². The van der Waals surface area contributed by atoms with Crippen LogP contribution in [0.4, 0.5) is 0 Å². The van der Waals surface area contributed by atoms with Crippen LogP contribution in [0, 0.1) is 11.8 Å². The van der Waals surface area contributed by atoms with E-state index in [2.05, 4.69) is 37.4 Å². The molecule has 5 heteroatoms. The van der Waals surface area contributed by atoms with Crippen molar-refractivity contribution in [1.29, 1.82) is 0 Å². The van der Waals surface area contributed by atoms with Gasteiger partial charge in [-0.15, -0.1) is 0 Å². The third-order valence-corrected chi connectivity index (χ3v) is 4.63. The van der Waals surface area contributed by atoms with Gasteiger partial charge in [-0.1, -0.05) is 6.92 Å². The van der Waals surface area contributed by atoms with Gasteiger partial charge >= 0.3 is 0 Å². The van der Waals surface area contributed by atoms with Gasteiger partial charge in [-0.25, -0.2) is 0 Å². The van der Waals surface area contributed by atoms with E-state index in [0.29, 0.717) is 17.9 Å². The summed E-state index contributed by atoms with van der Waals surface area (Å²) in [5, 5.41) is 4.20. The zero-order chi connectivity index (χ0) is 14.0. The second-order valence-electron chi connectivity index (χ2n) is 5.74. The molecule has 1 aromatic heterocycles. The Labute approximate surface area is 115 Å². The molecule has 0 aliphatic carbocycles. The first-order chi connectivity index (χ1) is 9.04. The molecule has 1 aliphatic rings. The third-order valence-electron chi connectivity index (χ3n) is 4.63. The molecule has 108 valence electrons. The Morgan fingerprint density at radius 2 is 2.16 bits per heavy atom. The minimum Gasteiger partial charge on any atom is -0.375 e. The molecule has 5 atom stereocenters. The Balaban J connectivity index is 1.98. The second kappa shape index (κ2) is 6.03. The van der Waals surface area contributed by atoms with Gasteiger partial charge in [0.05, 0.1) is 12.2 Å². The lowest BCUT2D eigenvalue weighted by molar-refractivity contribution is 0.0472. The molecule has 5 nitrogen and oxygen atoms in total. The number of aromatic nitrogens is 2. The summed E-state index contributed by atoms with van der Waals surface area (Å²) in [7, 11) is 1.98. The van der Waals surface area contributed by atoms with E-state index in [4.69, 9.17) is 10.6 Å². The highest BCUT2D eigenvalue weighted by atomic mass is 16.5. The Morgan fingerprint density at radius 3 is 2.63 bits per heavy atom. The van der Waals surface area contributed by atoms with Gasteiger partial charge in [0.2, 0.25) is 0 Å². The van der Waals surface area contributed by atoms with Crippen molar-refractivity contribution in [2.24, 2.45) is 24.7 Å². The van der Waals surface area contributed by atoms with Gasteiger partial charge in [0.15, 0.2) is 0 Å². The molecule has 1 fully saturated rings. The van der Waals surface area contributed by atoms with Crippen molar-refractivity contribution in [1.82, 2.24) is 15.2 Å². The maximum atomic E-state index is 5.92. The van der Waals surface area contributed by atoms with E-state index in [9.17, 15) is 0 Å². The summed E-state index contributed by atoms with van der Waals surface area (Å²) < 4.78 is 7.84. The molecule has 2 heterocycles. The van der Waals surface area contributed by atoms with Crippen molar-refractivity contribution < 1.29 is 4.74 Å². The van der Waals surface area contributed by atoms with Crippen molar-refractivity contribution in [2.75, 3.05) is 0 Å². The lowest BCUT2D eigenvalue weighted by atomic mass is 9.82. The molecule has 1 aromatic rings. The number of nitrogens with one attached hydrogen (secondary N) is 1. The first-order valence-electron chi connectivity index (χ1n) is 7.13. The fourth-order valence-corrected chi connectivity index (χ4v) is 3.32. The van der Waals surface area contributed by atoms with Crippen molar-refractivity contribution in [2.45, 2.75) is 51.9 Å². The van der Waals surface area contributed by atoms with Gasteiger partial charge in [-0.2, -0.15) is 5.10 Å². The third kappa shape index (κ3) is 2.99. The van der Waals surface area contributed by atoms with Crippen molar-refractivity contribution in [3.05, 3.63) is 18.0 Å². The second-order valence-corrected chi connectivity index (χ2v) is 5.74. The average molecular weight is 266 g/mol. The Morgan fingerprint density at radius 1 is 1.42 bits per heavy atom. The van der Waals surface area contributed by atoms with Gasteiger partial charge in [0.1, 0.15) is 0 Å². The highest BCUT2D eigenvalue weighted by Crippen LogP contribution is 2.35. The number of nitrogens with zero attached hydrogens (tertiary/aromatic N) is 2. The van der Waals surface area contributed by atoms with Gasteiger partial charge in [-0.3, -0.25) is 16.0 Å². The first kappa shape index (κ1) is 14.5. The zero-order valence-corrected chi connectivity index (χ0v) is 12.3. The van der Waals surface area contributed by atoms with Crippen LogP contribution in [-0.2, 0) is 18.2 Å². The average Bonchev–Trinajstić information content (AvgIpc) is 2.88. The first-order valence-corrected chi connectivity index (χ1v) is 7.13. The molecule has 0 bridgehead atoms. The van der Waals surface area contributed by atoms with Gasteiger partial charge in [-0.05, 0) is 38.7 Å². The summed E-state index contributed by atoms with van der Waals surface area (Å²) in [6.07, 6.45) is 4.40. The quantitative estimate of drug-likeness (QED) is 0.622. The number of hydrazine groups is 1. The SMILES string of the molecule is CC1OC(C)C(C(CCc2ccnn2C)NN)C1C. The molecule has 0 radical (unpaired) electrons.